The lowest BCUT2D eigenvalue weighted by atomic mass is 10.1. The lowest BCUT2D eigenvalue weighted by Crippen LogP contribution is -2.18. The molecule has 2 aromatic heterocycles. The van der Waals surface area contributed by atoms with E-state index in [1.807, 2.05) is 77.1 Å². The Hall–Kier alpha value is -4.30. The Kier molecular flexibility index (Phi) is 4.74. The van der Waals surface area contributed by atoms with E-state index in [1.54, 1.807) is 18.5 Å². The fourth-order valence-corrected chi connectivity index (χ4v) is 4.26. The minimum absolute atomic E-state index is 0.297. The molecule has 0 saturated heterocycles. The molecular formula is C25H18ClN7O. The van der Waals surface area contributed by atoms with Gasteiger partial charge in [-0.25, -0.2) is 9.67 Å². The first-order valence-corrected chi connectivity index (χ1v) is 11.1. The van der Waals surface area contributed by atoms with Crippen molar-refractivity contribution in [3.8, 4) is 22.8 Å². The second kappa shape index (κ2) is 7.93. The van der Waals surface area contributed by atoms with Crippen LogP contribution >= 0.6 is 11.6 Å². The fourth-order valence-electron chi connectivity index (χ4n) is 4.10. The zero-order valence-corrected chi connectivity index (χ0v) is 18.9. The van der Waals surface area contributed by atoms with E-state index in [4.69, 9.17) is 16.7 Å². The number of fused-ring (bicyclic) bond motifs is 3. The van der Waals surface area contributed by atoms with Crippen molar-refractivity contribution in [2.24, 2.45) is 0 Å². The van der Waals surface area contributed by atoms with Gasteiger partial charge < -0.3 is 0 Å². The third kappa shape index (κ3) is 3.27. The monoisotopic (exact) mass is 467 g/mol. The van der Waals surface area contributed by atoms with E-state index in [0.29, 0.717) is 34.3 Å². The van der Waals surface area contributed by atoms with Crippen LogP contribution in [0.2, 0.25) is 5.15 Å². The summed E-state index contributed by atoms with van der Waals surface area (Å²) >= 11 is 6.19. The summed E-state index contributed by atoms with van der Waals surface area (Å²) in [6.07, 6.45) is 5.21. The van der Waals surface area contributed by atoms with Crippen LogP contribution in [0.15, 0.2) is 84.0 Å². The molecular weight excluding hydrogens is 450 g/mol. The van der Waals surface area contributed by atoms with Crippen LogP contribution in [0.5, 0.6) is 0 Å². The quantitative estimate of drug-likeness (QED) is 0.361. The molecule has 0 amide bonds. The number of aromatic nitrogens is 7. The first kappa shape index (κ1) is 20.3. The standard InChI is InChI=1S/C25H18ClN7O/c1-16-20(11-13-27-24(16)26)33-25(34)23-22(30-33)19-5-2-3-6-21(19)32(29-23)15-17-7-9-18(10-8-17)31-14-4-12-28-31/h2-14H,15H2,1H3. The van der Waals surface area contributed by atoms with Crippen molar-refractivity contribution in [2.75, 3.05) is 0 Å². The highest BCUT2D eigenvalue weighted by Crippen LogP contribution is 2.27. The number of hydrogen-bond acceptors (Lipinski definition) is 5. The van der Waals surface area contributed by atoms with Crippen LogP contribution in [0.1, 0.15) is 11.1 Å². The molecule has 9 heteroatoms. The van der Waals surface area contributed by atoms with Gasteiger partial charge in [-0.2, -0.15) is 20.0 Å². The van der Waals surface area contributed by atoms with E-state index in [1.165, 1.54) is 4.68 Å². The Morgan fingerprint density at radius 2 is 1.74 bits per heavy atom. The molecule has 166 valence electrons. The molecule has 0 unspecified atom stereocenters. The second-order valence-electron chi connectivity index (χ2n) is 7.95. The normalized spacial score (nSPS) is 11.5. The van der Waals surface area contributed by atoms with Gasteiger partial charge in [0.15, 0.2) is 5.69 Å². The van der Waals surface area contributed by atoms with Crippen molar-refractivity contribution in [2.45, 2.75) is 13.5 Å². The van der Waals surface area contributed by atoms with Gasteiger partial charge in [0.05, 0.1) is 23.4 Å². The summed E-state index contributed by atoms with van der Waals surface area (Å²) in [5.74, 6) is 0. The SMILES string of the molecule is Cc1c(-n2nc3c4ccccc4n(Cc4ccc(-n5cccn5)cc4)nc-3c2=O)ccnc1Cl. The number of rotatable bonds is 4. The van der Waals surface area contributed by atoms with Crippen molar-refractivity contribution in [3.05, 3.63) is 106 Å². The largest absolute Gasteiger partial charge is 0.301 e. The minimum atomic E-state index is -0.297. The zero-order chi connectivity index (χ0) is 23.2. The first-order valence-electron chi connectivity index (χ1n) is 10.7. The van der Waals surface area contributed by atoms with Gasteiger partial charge in [-0.3, -0.25) is 9.48 Å². The zero-order valence-electron chi connectivity index (χ0n) is 18.1. The summed E-state index contributed by atoms with van der Waals surface area (Å²) in [5.41, 5.74) is 4.75. The van der Waals surface area contributed by atoms with E-state index in [-0.39, 0.29) is 5.56 Å². The Morgan fingerprint density at radius 1 is 0.912 bits per heavy atom. The Bertz CT molecular complexity index is 1670. The molecule has 2 aromatic carbocycles. The van der Waals surface area contributed by atoms with Gasteiger partial charge in [0.1, 0.15) is 10.8 Å². The maximum atomic E-state index is 13.4. The summed E-state index contributed by atoms with van der Waals surface area (Å²) in [6.45, 7) is 2.32. The van der Waals surface area contributed by atoms with Crippen LogP contribution in [-0.4, -0.2) is 34.3 Å². The number of nitrogens with zero attached hydrogens (tertiary/aromatic N) is 7. The van der Waals surface area contributed by atoms with E-state index in [0.717, 1.165) is 22.2 Å². The van der Waals surface area contributed by atoms with E-state index < -0.39 is 0 Å². The van der Waals surface area contributed by atoms with Crippen molar-refractivity contribution >= 4 is 22.5 Å². The molecule has 34 heavy (non-hydrogen) atoms. The molecule has 0 aliphatic carbocycles. The predicted octanol–water partition coefficient (Wildman–Crippen LogP) is 4.28. The summed E-state index contributed by atoms with van der Waals surface area (Å²) in [7, 11) is 0. The number of pyridine rings is 1. The average molecular weight is 468 g/mol. The molecule has 0 radical (unpaired) electrons. The highest BCUT2D eigenvalue weighted by molar-refractivity contribution is 6.30. The summed E-state index contributed by atoms with van der Waals surface area (Å²) in [4.78, 5) is 17.4. The highest BCUT2D eigenvalue weighted by atomic mass is 35.5. The highest BCUT2D eigenvalue weighted by Gasteiger charge is 2.23. The molecule has 0 spiro atoms. The Balaban J connectivity index is 1.49. The van der Waals surface area contributed by atoms with Crippen LogP contribution < -0.4 is 5.56 Å². The van der Waals surface area contributed by atoms with Crippen LogP contribution in [0.4, 0.5) is 0 Å². The van der Waals surface area contributed by atoms with Gasteiger partial charge >= 0.3 is 5.56 Å². The topological polar surface area (TPSA) is 83.4 Å². The lowest BCUT2D eigenvalue weighted by Gasteiger charge is -2.12. The van der Waals surface area contributed by atoms with Crippen LogP contribution in [0.25, 0.3) is 33.7 Å². The maximum Gasteiger partial charge on any atom is 0.301 e. The van der Waals surface area contributed by atoms with Crippen LogP contribution in [-0.2, 0) is 6.54 Å². The average Bonchev–Trinajstić information content (AvgIpc) is 3.51. The molecule has 8 nitrogen and oxygen atoms in total. The Morgan fingerprint density at radius 3 is 2.53 bits per heavy atom. The summed E-state index contributed by atoms with van der Waals surface area (Å²) in [6, 6.07) is 19.5. The molecule has 0 N–H and O–H groups in total. The first-order chi connectivity index (χ1) is 16.6. The van der Waals surface area contributed by atoms with Gasteiger partial charge in [0.25, 0.3) is 0 Å². The van der Waals surface area contributed by atoms with Crippen LogP contribution in [0.3, 0.4) is 0 Å². The van der Waals surface area contributed by atoms with Crippen molar-refractivity contribution in [1.29, 1.82) is 0 Å². The van der Waals surface area contributed by atoms with E-state index in [2.05, 4.69) is 15.2 Å². The smallest absolute Gasteiger partial charge is 0.265 e. The molecule has 2 aliphatic heterocycles. The molecule has 0 saturated carbocycles. The summed E-state index contributed by atoms with van der Waals surface area (Å²) < 4.78 is 5.01. The molecule has 0 atom stereocenters. The van der Waals surface area contributed by atoms with Gasteiger partial charge in [-0.1, -0.05) is 41.9 Å². The molecule has 4 aromatic rings. The number of hydrogen-bond donors (Lipinski definition) is 0. The fraction of sp³-hybridized carbons (Fsp3) is 0.0800. The second-order valence-corrected chi connectivity index (χ2v) is 8.31. The molecule has 0 bridgehead atoms. The lowest BCUT2D eigenvalue weighted by molar-refractivity contribution is 0.699. The van der Waals surface area contributed by atoms with Gasteiger partial charge in [-0.05, 0) is 42.8 Å². The number of para-hydroxylation sites is 1. The summed E-state index contributed by atoms with van der Waals surface area (Å²) in [5, 5.41) is 14.8. The van der Waals surface area contributed by atoms with Gasteiger partial charge in [0.2, 0.25) is 0 Å². The van der Waals surface area contributed by atoms with Gasteiger partial charge in [-0.15, -0.1) is 0 Å². The number of halogens is 1. The molecule has 4 heterocycles. The van der Waals surface area contributed by atoms with E-state index >= 15 is 0 Å². The predicted molar refractivity (Wildman–Crippen MR) is 130 cm³/mol. The minimum Gasteiger partial charge on any atom is -0.265 e. The third-order valence-electron chi connectivity index (χ3n) is 5.86. The van der Waals surface area contributed by atoms with Crippen molar-refractivity contribution in [1.82, 2.24) is 34.3 Å². The van der Waals surface area contributed by atoms with Crippen LogP contribution in [0, 0.1) is 6.92 Å². The number of benzene rings is 2. The van der Waals surface area contributed by atoms with Crippen molar-refractivity contribution in [3.63, 3.8) is 0 Å². The molecule has 6 rings (SSSR count). The van der Waals surface area contributed by atoms with E-state index in [9.17, 15) is 4.79 Å². The molecule has 0 fully saturated rings. The maximum absolute atomic E-state index is 13.4. The van der Waals surface area contributed by atoms with Crippen molar-refractivity contribution < 1.29 is 0 Å². The molecule has 2 aliphatic rings. The van der Waals surface area contributed by atoms with Gasteiger partial charge in [0, 0.05) is 29.5 Å². The third-order valence-corrected chi connectivity index (χ3v) is 6.24. The Labute approximate surface area is 199 Å².